The van der Waals surface area contributed by atoms with Crippen LogP contribution in [0.3, 0.4) is 0 Å². The molecule has 94 valence electrons. The second-order valence-corrected chi connectivity index (χ2v) is 6.09. The van der Waals surface area contributed by atoms with Crippen molar-refractivity contribution in [2.24, 2.45) is 0 Å². The lowest BCUT2D eigenvalue weighted by molar-refractivity contribution is 0.601. The van der Waals surface area contributed by atoms with Crippen LogP contribution in [-0.4, -0.2) is 13.4 Å². The number of nitrogens with zero attached hydrogens (tertiary/aromatic N) is 1. The number of aromatic nitrogens is 1. The lowest BCUT2D eigenvalue weighted by Gasteiger charge is -2.09. The van der Waals surface area contributed by atoms with Gasteiger partial charge < -0.3 is 5.73 Å². The molecule has 1 aromatic heterocycles. The number of nitrogen functional groups attached to an aromatic ring is 1. The molecule has 0 aliphatic heterocycles. The van der Waals surface area contributed by atoms with Crippen LogP contribution in [0.25, 0.3) is 0 Å². The third-order valence-electron chi connectivity index (χ3n) is 2.20. The molecule has 2 rings (SSSR count). The number of sulfonamides is 1. The smallest absolute Gasteiger partial charge is 0.265 e. The molecule has 0 bridgehead atoms. The molecule has 1 aromatic carbocycles. The standard InChI is InChI=1S/C11H10BrN3O2S/c12-8-1-3-9(4-2-8)15-18(16,17)11-7-14-6-5-10(11)13/h1-7,15H,(H2,13,14). The van der Waals surface area contributed by atoms with Gasteiger partial charge in [0.15, 0.2) is 0 Å². The van der Waals surface area contributed by atoms with E-state index in [-0.39, 0.29) is 10.6 Å². The van der Waals surface area contributed by atoms with Gasteiger partial charge in [0.1, 0.15) is 4.90 Å². The number of benzene rings is 1. The van der Waals surface area contributed by atoms with Gasteiger partial charge in [0.2, 0.25) is 0 Å². The van der Waals surface area contributed by atoms with E-state index >= 15 is 0 Å². The van der Waals surface area contributed by atoms with Crippen LogP contribution < -0.4 is 10.5 Å². The molecule has 5 nitrogen and oxygen atoms in total. The fourth-order valence-corrected chi connectivity index (χ4v) is 2.74. The quantitative estimate of drug-likeness (QED) is 0.905. The zero-order valence-electron chi connectivity index (χ0n) is 9.17. The summed E-state index contributed by atoms with van der Waals surface area (Å²) in [4.78, 5) is 3.73. The predicted octanol–water partition coefficient (Wildman–Crippen LogP) is 2.23. The molecule has 0 amide bonds. The monoisotopic (exact) mass is 327 g/mol. The van der Waals surface area contributed by atoms with Crippen LogP contribution in [-0.2, 0) is 10.0 Å². The molecular formula is C11H10BrN3O2S. The minimum absolute atomic E-state index is 0.0343. The Bertz CT molecular complexity index is 656. The zero-order chi connectivity index (χ0) is 13.2. The van der Waals surface area contributed by atoms with Crippen molar-refractivity contribution in [2.45, 2.75) is 4.90 Å². The van der Waals surface area contributed by atoms with Crippen LogP contribution in [0.2, 0.25) is 0 Å². The first-order chi connectivity index (χ1) is 8.49. The van der Waals surface area contributed by atoms with Crippen molar-refractivity contribution in [3.8, 4) is 0 Å². The predicted molar refractivity (Wildman–Crippen MR) is 73.6 cm³/mol. The molecule has 0 atom stereocenters. The van der Waals surface area contributed by atoms with Crippen LogP contribution in [0.15, 0.2) is 52.1 Å². The van der Waals surface area contributed by atoms with Crippen LogP contribution >= 0.6 is 15.9 Å². The second kappa shape index (κ2) is 4.95. The van der Waals surface area contributed by atoms with Crippen molar-refractivity contribution in [2.75, 3.05) is 10.5 Å². The number of hydrogen-bond donors (Lipinski definition) is 2. The summed E-state index contributed by atoms with van der Waals surface area (Å²) in [5.41, 5.74) is 6.24. The average molecular weight is 328 g/mol. The van der Waals surface area contributed by atoms with Crippen LogP contribution in [0.1, 0.15) is 0 Å². The molecule has 0 aliphatic carbocycles. The summed E-state index contributed by atoms with van der Waals surface area (Å²) in [6.07, 6.45) is 2.66. The number of halogens is 1. The van der Waals surface area contributed by atoms with E-state index < -0.39 is 10.0 Å². The molecule has 7 heteroatoms. The van der Waals surface area contributed by atoms with E-state index in [1.807, 2.05) is 0 Å². The van der Waals surface area contributed by atoms with E-state index in [0.29, 0.717) is 5.69 Å². The molecule has 0 saturated carbocycles. The molecule has 0 spiro atoms. The highest BCUT2D eigenvalue weighted by molar-refractivity contribution is 9.10. The van der Waals surface area contributed by atoms with Crippen molar-refractivity contribution >= 4 is 37.3 Å². The molecular weight excluding hydrogens is 318 g/mol. The summed E-state index contributed by atoms with van der Waals surface area (Å²) in [5, 5.41) is 0. The van der Waals surface area contributed by atoms with Gasteiger partial charge in [-0.15, -0.1) is 0 Å². The summed E-state index contributed by atoms with van der Waals surface area (Å²) in [6.45, 7) is 0. The van der Waals surface area contributed by atoms with E-state index in [1.165, 1.54) is 18.5 Å². The van der Waals surface area contributed by atoms with Gasteiger partial charge in [-0.3, -0.25) is 9.71 Å². The maximum Gasteiger partial charge on any atom is 0.265 e. The van der Waals surface area contributed by atoms with Crippen molar-refractivity contribution in [1.82, 2.24) is 4.98 Å². The van der Waals surface area contributed by atoms with Crippen molar-refractivity contribution < 1.29 is 8.42 Å². The number of nitrogens with two attached hydrogens (primary N) is 1. The van der Waals surface area contributed by atoms with Crippen molar-refractivity contribution in [3.63, 3.8) is 0 Å². The van der Waals surface area contributed by atoms with Crippen LogP contribution in [0, 0.1) is 0 Å². The number of pyridine rings is 1. The summed E-state index contributed by atoms with van der Waals surface area (Å²) >= 11 is 3.27. The van der Waals surface area contributed by atoms with Crippen LogP contribution in [0.5, 0.6) is 0 Å². The topological polar surface area (TPSA) is 85.1 Å². The molecule has 2 aromatic rings. The Morgan fingerprint density at radius 1 is 1.17 bits per heavy atom. The van der Waals surface area contributed by atoms with E-state index in [1.54, 1.807) is 24.3 Å². The summed E-state index contributed by atoms with van der Waals surface area (Å²) in [5.74, 6) is 0. The highest BCUT2D eigenvalue weighted by Crippen LogP contribution is 2.21. The Kier molecular flexibility index (Phi) is 3.53. The molecule has 3 N–H and O–H groups in total. The Labute approximate surface area is 113 Å². The van der Waals surface area contributed by atoms with Gasteiger partial charge in [0, 0.05) is 22.6 Å². The SMILES string of the molecule is Nc1ccncc1S(=O)(=O)Nc1ccc(Br)cc1. The van der Waals surface area contributed by atoms with Gasteiger partial charge in [-0.25, -0.2) is 8.42 Å². The number of nitrogens with one attached hydrogen (secondary N) is 1. The first-order valence-electron chi connectivity index (χ1n) is 4.97. The highest BCUT2D eigenvalue weighted by Gasteiger charge is 2.17. The number of anilines is 2. The third kappa shape index (κ3) is 2.80. The van der Waals surface area contributed by atoms with Gasteiger partial charge in [-0.1, -0.05) is 15.9 Å². The fourth-order valence-electron chi connectivity index (χ4n) is 1.34. The van der Waals surface area contributed by atoms with Gasteiger partial charge in [0.05, 0.1) is 5.69 Å². The molecule has 18 heavy (non-hydrogen) atoms. The Hall–Kier alpha value is -1.60. The van der Waals surface area contributed by atoms with Crippen LogP contribution in [0.4, 0.5) is 11.4 Å². The van der Waals surface area contributed by atoms with E-state index in [4.69, 9.17) is 5.73 Å². The third-order valence-corrected chi connectivity index (χ3v) is 4.16. The van der Waals surface area contributed by atoms with E-state index in [2.05, 4.69) is 25.6 Å². The van der Waals surface area contributed by atoms with Gasteiger partial charge >= 0.3 is 0 Å². The molecule has 1 heterocycles. The molecule has 0 saturated heterocycles. The average Bonchev–Trinajstić information content (AvgIpc) is 2.32. The van der Waals surface area contributed by atoms with E-state index in [9.17, 15) is 8.42 Å². The van der Waals surface area contributed by atoms with Gasteiger partial charge in [-0.2, -0.15) is 0 Å². The fraction of sp³-hybridized carbons (Fsp3) is 0. The van der Waals surface area contributed by atoms with Crippen molar-refractivity contribution in [3.05, 3.63) is 47.2 Å². The lowest BCUT2D eigenvalue weighted by Crippen LogP contribution is -2.15. The van der Waals surface area contributed by atoms with Gasteiger partial charge in [-0.05, 0) is 30.3 Å². The van der Waals surface area contributed by atoms with Gasteiger partial charge in [0.25, 0.3) is 10.0 Å². The van der Waals surface area contributed by atoms with E-state index in [0.717, 1.165) is 4.47 Å². The Balaban J connectivity index is 2.33. The normalized spacial score (nSPS) is 11.2. The molecule has 0 radical (unpaired) electrons. The minimum Gasteiger partial charge on any atom is -0.398 e. The minimum atomic E-state index is -3.71. The Morgan fingerprint density at radius 2 is 1.83 bits per heavy atom. The maximum atomic E-state index is 12.1. The zero-order valence-corrected chi connectivity index (χ0v) is 11.6. The lowest BCUT2D eigenvalue weighted by atomic mass is 10.3. The first-order valence-corrected chi connectivity index (χ1v) is 7.24. The number of hydrogen-bond acceptors (Lipinski definition) is 4. The summed E-state index contributed by atoms with van der Waals surface area (Å²) in [7, 11) is -3.71. The van der Waals surface area contributed by atoms with Crippen molar-refractivity contribution in [1.29, 1.82) is 0 Å². The molecule has 0 unspecified atom stereocenters. The largest absolute Gasteiger partial charge is 0.398 e. The first kappa shape index (κ1) is 12.8. The Morgan fingerprint density at radius 3 is 2.44 bits per heavy atom. The second-order valence-electron chi connectivity index (χ2n) is 3.53. The summed E-state index contributed by atoms with van der Waals surface area (Å²) < 4.78 is 27.4. The highest BCUT2D eigenvalue weighted by atomic mass is 79.9. The summed E-state index contributed by atoms with van der Waals surface area (Å²) in [6, 6.07) is 8.22. The maximum absolute atomic E-state index is 12.1. The molecule has 0 fully saturated rings. The number of rotatable bonds is 3. The molecule has 0 aliphatic rings.